The van der Waals surface area contributed by atoms with Crippen LogP contribution in [0.4, 0.5) is 0 Å². The fourth-order valence-corrected chi connectivity index (χ4v) is 3.36. The van der Waals surface area contributed by atoms with E-state index in [0.29, 0.717) is 5.69 Å². The zero-order valence-electron chi connectivity index (χ0n) is 14.8. The molecule has 6 heteroatoms. The van der Waals surface area contributed by atoms with Crippen LogP contribution in [0.25, 0.3) is 5.69 Å². The van der Waals surface area contributed by atoms with E-state index in [1.54, 1.807) is 10.7 Å². The standard InChI is InChI=1S/C18H25N3O2S/c1-11-6-12(2)8-15(7-11)21-13(3)9-16(20-21)18(23)19-14(4)17(10-22)24-5/h6-9,14,17,22H,10H2,1-5H3,(H,19,23). The molecule has 130 valence electrons. The summed E-state index contributed by atoms with van der Waals surface area (Å²) in [5.41, 5.74) is 4.56. The lowest BCUT2D eigenvalue weighted by Gasteiger charge is -2.20. The number of nitrogens with one attached hydrogen (secondary N) is 1. The lowest BCUT2D eigenvalue weighted by Crippen LogP contribution is -2.41. The van der Waals surface area contributed by atoms with Gasteiger partial charge in [-0.25, -0.2) is 4.68 Å². The Morgan fingerprint density at radius 3 is 2.42 bits per heavy atom. The summed E-state index contributed by atoms with van der Waals surface area (Å²) in [5.74, 6) is -0.221. The second-order valence-electron chi connectivity index (χ2n) is 6.15. The van der Waals surface area contributed by atoms with Crippen molar-refractivity contribution in [2.75, 3.05) is 12.9 Å². The zero-order chi connectivity index (χ0) is 17.9. The maximum atomic E-state index is 12.4. The molecule has 5 nitrogen and oxygen atoms in total. The molecule has 0 bridgehead atoms. The summed E-state index contributed by atoms with van der Waals surface area (Å²) in [7, 11) is 0. The molecule has 1 amide bonds. The summed E-state index contributed by atoms with van der Waals surface area (Å²) in [6.45, 7) is 7.94. The SMILES string of the molecule is CSC(CO)C(C)NC(=O)c1cc(C)n(-c2cc(C)cc(C)c2)n1. The molecule has 0 fully saturated rings. The molecule has 1 aromatic heterocycles. The lowest BCUT2D eigenvalue weighted by molar-refractivity contribution is 0.0930. The lowest BCUT2D eigenvalue weighted by atomic mass is 10.1. The van der Waals surface area contributed by atoms with E-state index in [9.17, 15) is 9.90 Å². The molecule has 2 atom stereocenters. The van der Waals surface area contributed by atoms with Gasteiger partial charge in [-0.2, -0.15) is 16.9 Å². The second kappa shape index (κ2) is 7.85. The average Bonchev–Trinajstić information content (AvgIpc) is 2.89. The smallest absolute Gasteiger partial charge is 0.272 e. The van der Waals surface area contributed by atoms with Gasteiger partial charge < -0.3 is 10.4 Å². The van der Waals surface area contributed by atoms with Crippen molar-refractivity contribution in [3.63, 3.8) is 0 Å². The Morgan fingerprint density at radius 1 is 1.25 bits per heavy atom. The van der Waals surface area contributed by atoms with E-state index in [1.165, 1.54) is 11.8 Å². The Balaban J connectivity index is 2.23. The molecule has 2 aromatic rings. The number of aliphatic hydroxyl groups excluding tert-OH is 1. The third-order valence-corrected chi connectivity index (χ3v) is 5.13. The van der Waals surface area contributed by atoms with Gasteiger partial charge in [-0.15, -0.1) is 0 Å². The summed E-state index contributed by atoms with van der Waals surface area (Å²) in [5, 5.41) is 16.7. The van der Waals surface area contributed by atoms with Crippen LogP contribution in [0.3, 0.4) is 0 Å². The largest absolute Gasteiger partial charge is 0.395 e. The van der Waals surface area contributed by atoms with Gasteiger partial charge in [0, 0.05) is 17.0 Å². The molecule has 24 heavy (non-hydrogen) atoms. The van der Waals surface area contributed by atoms with E-state index >= 15 is 0 Å². The van der Waals surface area contributed by atoms with E-state index in [-0.39, 0.29) is 23.8 Å². The minimum absolute atomic E-state index is 0.0264. The number of aryl methyl sites for hydroxylation is 3. The van der Waals surface area contributed by atoms with Crippen LogP contribution in [-0.2, 0) is 0 Å². The number of carbonyl (C=O) groups excluding carboxylic acids is 1. The van der Waals surface area contributed by atoms with Crippen molar-refractivity contribution in [1.82, 2.24) is 15.1 Å². The highest BCUT2D eigenvalue weighted by molar-refractivity contribution is 7.99. The molecule has 0 spiro atoms. The Hall–Kier alpha value is -1.79. The predicted molar refractivity (Wildman–Crippen MR) is 99.1 cm³/mol. The Morgan fingerprint density at radius 2 is 1.88 bits per heavy atom. The van der Waals surface area contributed by atoms with Crippen molar-refractivity contribution in [2.45, 2.75) is 39.0 Å². The first-order valence-electron chi connectivity index (χ1n) is 7.95. The van der Waals surface area contributed by atoms with E-state index in [0.717, 1.165) is 22.5 Å². The fourth-order valence-electron chi connectivity index (χ4n) is 2.73. The first kappa shape index (κ1) is 18.5. The third-order valence-electron chi connectivity index (χ3n) is 3.97. The average molecular weight is 347 g/mol. The van der Waals surface area contributed by atoms with Gasteiger partial charge in [0.2, 0.25) is 0 Å². The first-order chi connectivity index (χ1) is 11.3. The number of hydrogen-bond donors (Lipinski definition) is 2. The van der Waals surface area contributed by atoms with Gasteiger partial charge in [0.25, 0.3) is 5.91 Å². The highest BCUT2D eigenvalue weighted by atomic mass is 32.2. The summed E-state index contributed by atoms with van der Waals surface area (Å²) in [6.07, 6.45) is 1.92. The molecule has 1 aromatic carbocycles. The van der Waals surface area contributed by atoms with Gasteiger partial charge in [-0.1, -0.05) is 6.07 Å². The van der Waals surface area contributed by atoms with Crippen molar-refractivity contribution in [3.05, 3.63) is 46.8 Å². The minimum atomic E-state index is -0.221. The Labute approximate surface area is 147 Å². The second-order valence-corrected chi connectivity index (χ2v) is 7.22. The normalized spacial score (nSPS) is 13.6. The summed E-state index contributed by atoms with van der Waals surface area (Å²) in [6, 6.07) is 7.85. The number of amides is 1. The van der Waals surface area contributed by atoms with E-state index in [1.807, 2.05) is 46.1 Å². The molecular formula is C18H25N3O2S. The monoisotopic (exact) mass is 347 g/mol. The van der Waals surface area contributed by atoms with E-state index in [2.05, 4.69) is 16.5 Å². The maximum absolute atomic E-state index is 12.4. The number of benzene rings is 1. The van der Waals surface area contributed by atoms with Gasteiger partial charge in [0.05, 0.1) is 12.3 Å². The highest BCUT2D eigenvalue weighted by Crippen LogP contribution is 2.17. The van der Waals surface area contributed by atoms with Gasteiger partial charge in [-0.05, 0) is 63.3 Å². The van der Waals surface area contributed by atoms with Gasteiger partial charge in [-0.3, -0.25) is 4.79 Å². The van der Waals surface area contributed by atoms with Crippen molar-refractivity contribution < 1.29 is 9.90 Å². The summed E-state index contributed by atoms with van der Waals surface area (Å²) in [4.78, 5) is 12.4. The summed E-state index contributed by atoms with van der Waals surface area (Å²) < 4.78 is 1.79. The van der Waals surface area contributed by atoms with Crippen LogP contribution >= 0.6 is 11.8 Å². The van der Waals surface area contributed by atoms with E-state index in [4.69, 9.17) is 0 Å². The quantitative estimate of drug-likeness (QED) is 0.843. The number of rotatable bonds is 6. The molecule has 0 radical (unpaired) electrons. The highest BCUT2D eigenvalue weighted by Gasteiger charge is 2.20. The van der Waals surface area contributed by atoms with Crippen LogP contribution in [0.5, 0.6) is 0 Å². The van der Waals surface area contributed by atoms with Crippen LogP contribution in [-0.4, -0.2) is 44.9 Å². The molecular weight excluding hydrogens is 322 g/mol. The fraction of sp³-hybridized carbons (Fsp3) is 0.444. The molecule has 1 heterocycles. The number of nitrogens with zero attached hydrogens (tertiary/aromatic N) is 2. The molecule has 2 rings (SSSR count). The van der Waals surface area contributed by atoms with Crippen molar-refractivity contribution in [1.29, 1.82) is 0 Å². The van der Waals surface area contributed by atoms with Gasteiger partial charge in [0.15, 0.2) is 5.69 Å². The molecule has 0 saturated heterocycles. The first-order valence-corrected chi connectivity index (χ1v) is 9.24. The Kier molecular flexibility index (Phi) is 6.07. The van der Waals surface area contributed by atoms with Crippen LogP contribution in [0.2, 0.25) is 0 Å². The topological polar surface area (TPSA) is 67.2 Å². The summed E-state index contributed by atoms with van der Waals surface area (Å²) >= 11 is 1.53. The molecule has 0 saturated carbocycles. The van der Waals surface area contributed by atoms with Crippen molar-refractivity contribution >= 4 is 17.7 Å². The molecule has 0 aliphatic rings. The van der Waals surface area contributed by atoms with Crippen LogP contribution in [0.15, 0.2) is 24.3 Å². The van der Waals surface area contributed by atoms with Gasteiger partial charge >= 0.3 is 0 Å². The number of hydrogen-bond acceptors (Lipinski definition) is 4. The van der Waals surface area contributed by atoms with E-state index < -0.39 is 0 Å². The maximum Gasteiger partial charge on any atom is 0.272 e. The number of carbonyl (C=O) groups is 1. The number of aromatic nitrogens is 2. The number of aliphatic hydroxyl groups is 1. The predicted octanol–water partition coefficient (Wildman–Crippen LogP) is 2.64. The van der Waals surface area contributed by atoms with Crippen LogP contribution in [0, 0.1) is 20.8 Å². The molecule has 0 aliphatic carbocycles. The van der Waals surface area contributed by atoms with Crippen molar-refractivity contribution in [3.8, 4) is 5.69 Å². The number of thioether (sulfide) groups is 1. The minimum Gasteiger partial charge on any atom is -0.395 e. The van der Waals surface area contributed by atoms with Gasteiger partial charge in [0.1, 0.15) is 0 Å². The van der Waals surface area contributed by atoms with Crippen LogP contribution < -0.4 is 5.32 Å². The molecule has 2 unspecified atom stereocenters. The zero-order valence-corrected chi connectivity index (χ0v) is 15.6. The van der Waals surface area contributed by atoms with Crippen molar-refractivity contribution in [2.24, 2.45) is 0 Å². The van der Waals surface area contributed by atoms with Crippen LogP contribution in [0.1, 0.15) is 34.2 Å². The molecule has 2 N–H and O–H groups in total. The molecule has 0 aliphatic heterocycles. The third kappa shape index (κ3) is 4.19. The Bertz CT molecular complexity index is 703.